The number of hydrogen-bond donors (Lipinski definition) is 0. The van der Waals surface area contributed by atoms with E-state index in [0.717, 1.165) is 88.4 Å². The van der Waals surface area contributed by atoms with Crippen molar-refractivity contribution in [1.82, 2.24) is 24.1 Å². The average Bonchev–Trinajstić information content (AvgIpc) is 4.11. The van der Waals surface area contributed by atoms with E-state index in [4.69, 9.17) is 15.0 Å². The molecule has 0 saturated heterocycles. The summed E-state index contributed by atoms with van der Waals surface area (Å²) in [6, 6.07) is 83.1. The number of benzene rings is 10. The molecular weight excluding hydrogens is 885 g/mol. The molecule has 4 aromatic heterocycles. The van der Waals surface area contributed by atoms with Crippen LogP contribution in [0.5, 0.6) is 0 Å². The highest BCUT2D eigenvalue weighted by atomic mass is 32.1. The lowest BCUT2D eigenvalue weighted by molar-refractivity contribution is 1.07. The minimum atomic E-state index is 0.478. The molecule has 0 atom stereocenters. The molecule has 71 heavy (non-hydrogen) atoms. The van der Waals surface area contributed by atoms with Crippen molar-refractivity contribution in [2.24, 2.45) is 0 Å². The number of nitriles is 1. The summed E-state index contributed by atoms with van der Waals surface area (Å²) in [5.41, 5.74) is 13.4. The minimum Gasteiger partial charge on any atom is -0.309 e. The van der Waals surface area contributed by atoms with E-state index in [1.807, 2.05) is 72.0 Å². The van der Waals surface area contributed by atoms with Gasteiger partial charge < -0.3 is 9.13 Å². The Kier molecular flexibility index (Phi) is 9.34. The first-order valence-electron chi connectivity index (χ1n) is 23.7. The Labute approximate surface area is 412 Å². The summed E-state index contributed by atoms with van der Waals surface area (Å²) in [6.07, 6.45) is 0. The van der Waals surface area contributed by atoms with Gasteiger partial charge in [0.25, 0.3) is 0 Å². The van der Waals surface area contributed by atoms with E-state index < -0.39 is 0 Å². The molecule has 0 spiro atoms. The van der Waals surface area contributed by atoms with E-state index >= 15 is 0 Å². The fourth-order valence-corrected chi connectivity index (χ4v) is 11.7. The van der Waals surface area contributed by atoms with Crippen LogP contribution in [0.4, 0.5) is 0 Å². The Morgan fingerprint density at radius 1 is 0.366 bits per heavy atom. The van der Waals surface area contributed by atoms with Gasteiger partial charge in [-0.2, -0.15) is 5.26 Å². The van der Waals surface area contributed by atoms with Crippen LogP contribution < -0.4 is 0 Å². The highest BCUT2D eigenvalue weighted by Gasteiger charge is 2.24. The predicted molar refractivity (Wildman–Crippen MR) is 293 cm³/mol. The fourth-order valence-electron chi connectivity index (χ4n) is 10.6. The number of para-hydroxylation sites is 2. The molecule has 0 aliphatic carbocycles. The monoisotopic (exact) mass is 922 g/mol. The van der Waals surface area contributed by atoms with Gasteiger partial charge >= 0.3 is 0 Å². The molecule has 0 saturated carbocycles. The molecule has 0 bridgehead atoms. The maximum atomic E-state index is 11.2. The summed E-state index contributed by atoms with van der Waals surface area (Å²) >= 11 is 1.83. The summed E-state index contributed by atoms with van der Waals surface area (Å²) in [7, 11) is 0. The van der Waals surface area contributed by atoms with Crippen LogP contribution in [0.3, 0.4) is 0 Å². The van der Waals surface area contributed by atoms with Crippen molar-refractivity contribution >= 4 is 75.1 Å². The summed E-state index contributed by atoms with van der Waals surface area (Å²) in [4.78, 5) is 15.6. The Bertz CT molecular complexity index is 4460. The lowest BCUT2D eigenvalue weighted by Gasteiger charge is -2.14. The number of thiophene rings is 1. The van der Waals surface area contributed by atoms with Gasteiger partial charge in [-0.1, -0.05) is 170 Å². The van der Waals surface area contributed by atoms with Crippen LogP contribution in [-0.4, -0.2) is 24.1 Å². The maximum Gasteiger partial charge on any atom is 0.164 e. The van der Waals surface area contributed by atoms with E-state index in [-0.39, 0.29) is 0 Å². The lowest BCUT2D eigenvalue weighted by atomic mass is 9.99. The van der Waals surface area contributed by atoms with Gasteiger partial charge in [-0.05, 0) is 82.9 Å². The van der Waals surface area contributed by atoms with Crippen LogP contribution in [-0.2, 0) is 0 Å². The van der Waals surface area contributed by atoms with Crippen molar-refractivity contribution in [1.29, 1.82) is 5.26 Å². The summed E-state index contributed by atoms with van der Waals surface area (Å²) < 4.78 is 7.24. The molecule has 0 aliphatic heterocycles. The molecule has 0 radical (unpaired) electrons. The summed E-state index contributed by atoms with van der Waals surface area (Å²) in [5.74, 6) is 1.57. The van der Waals surface area contributed by atoms with Gasteiger partial charge in [0, 0.05) is 64.1 Å². The molecule has 6 nitrogen and oxygen atoms in total. The normalized spacial score (nSPS) is 11.6. The number of nitrogens with zero attached hydrogens (tertiary/aromatic N) is 6. The fraction of sp³-hybridized carbons (Fsp3) is 0. The first-order chi connectivity index (χ1) is 35.2. The van der Waals surface area contributed by atoms with E-state index in [0.29, 0.717) is 28.6 Å². The molecule has 0 N–H and O–H groups in total. The number of fused-ring (bicyclic) bond motifs is 10. The predicted octanol–water partition coefficient (Wildman–Crippen LogP) is 16.6. The zero-order valence-electron chi connectivity index (χ0n) is 38.0. The SMILES string of the molecule is N#Cc1cc(-c2nc(-c3ccc(-c4ccccc4)cc3)nc(-c3ccccc3-c3ccccc3)n2)ccc1-n1c2ccccc2c2ccc3c(c4ccccc4n3-c3ccc4sc5ccccc5c4c3)c21. The topological polar surface area (TPSA) is 72.3 Å². The highest BCUT2D eigenvalue weighted by molar-refractivity contribution is 7.25. The van der Waals surface area contributed by atoms with E-state index in [9.17, 15) is 5.26 Å². The Morgan fingerprint density at radius 2 is 0.944 bits per heavy atom. The van der Waals surface area contributed by atoms with Crippen LogP contribution in [0, 0.1) is 11.3 Å². The van der Waals surface area contributed by atoms with Gasteiger partial charge in [-0.15, -0.1) is 11.3 Å². The third-order valence-corrected chi connectivity index (χ3v) is 15.0. The molecular formula is C64H38N6S. The van der Waals surface area contributed by atoms with Crippen LogP contribution in [0.15, 0.2) is 231 Å². The van der Waals surface area contributed by atoms with Crippen LogP contribution >= 0.6 is 11.3 Å². The Hall–Kier alpha value is -9.48. The first kappa shape index (κ1) is 40.6. The lowest BCUT2D eigenvalue weighted by Crippen LogP contribution is -2.03. The second kappa shape index (κ2) is 16.3. The van der Waals surface area contributed by atoms with Gasteiger partial charge in [0.2, 0.25) is 0 Å². The van der Waals surface area contributed by atoms with Gasteiger partial charge in [-0.25, -0.2) is 15.0 Å². The van der Waals surface area contributed by atoms with Gasteiger partial charge in [0.15, 0.2) is 17.5 Å². The van der Waals surface area contributed by atoms with E-state index in [1.54, 1.807) is 0 Å². The minimum absolute atomic E-state index is 0.478. The molecule has 7 heteroatoms. The quantitative estimate of drug-likeness (QED) is 0.160. The van der Waals surface area contributed by atoms with Gasteiger partial charge in [-0.3, -0.25) is 0 Å². The molecule has 0 amide bonds. The average molecular weight is 923 g/mol. The molecule has 0 fully saturated rings. The van der Waals surface area contributed by atoms with Crippen molar-refractivity contribution in [3.8, 4) is 73.9 Å². The maximum absolute atomic E-state index is 11.2. The standard InChI is InChI=1S/C64H38N6S/c65-39-45-37-44(63-66-62(43-29-27-41(28-30-43)40-15-3-1-4-16-40)67-64(68-63)51-22-8-7-19-47(51)42-17-5-2-6-18-42)31-34-54(45)70-55-24-12-9-20-48(55)50-33-35-57-60(61(50)70)52-23-10-13-25-56(52)69(57)46-32-36-59-53(38-46)49-21-11-14-26-58(49)71-59/h1-38H. The van der Waals surface area contributed by atoms with Crippen molar-refractivity contribution < 1.29 is 0 Å². The molecule has 14 aromatic rings. The molecule has 14 rings (SSSR count). The highest BCUT2D eigenvalue weighted by Crippen LogP contribution is 2.44. The largest absolute Gasteiger partial charge is 0.309 e. The number of hydrogen-bond acceptors (Lipinski definition) is 5. The van der Waals surface area contributed by atoms with Crippen LogP contribution in [0.25, 0.3) is 132 Å². The molecule has 4 heterocycles. The summed E-state index contributed by atoms with van der Waals surface area (Å²) in [6.45, 7) is 0. The van der Waals surface area contributed by atoms with Gasteiger partial charge in [0.05, 0.1) is 33.3 Å². The number of rotatable bonds is 7. The van der Waals surface area contributed by atoms with Crippen LogP contribution in [0.1, 0.15) is 5.56 Å². The molecule has 10 aromatic carbocycles. The molecule has 330 valence electrons. The third-order valence-electron chi connectivity index (χ3n) is 13.8. The Morgan fingerprint density at radius 3 is 1.72 bits per heavy atom. The van der Waals surface area contributed by atoms with Crippen molar-refractivity contribution in [3.63, 3.8) is 0 Å². The number of aromatic nitrogens is 5. The van der Waals surface area contributed by atoms with Crippen LogP contribution in [0.2, 0.25) is 0 Å². The Balaban J connectivity index is 0.969. The zero-order chi connectivity index (χ0) is 47.0. The van der Waals surface area contributed by atoms with Gasteiger partial charge in [0.1, 0.15) is 6.07 Å². The summed E-state index contributed by atoms with van der Waals surface area (Å²) in [5, 5.41) is 18.3. The first-order valence-corrected chi connectivity index (χ1v) is 24.5. The van der Waals surface area contributed by atoms with Crippen molar-refractivity contribution in [2.75, 3.05) is 0 Å². The molecule has 0 aliphatic rings. The van der Waals surface area contributed by atoms with E-state index in [1.165, 1.54) is 20.2 Å². The smallest absolute Gasteiger partial charge is 0.164 e. The van der Waals surface area contributed by atoms with Crippen molar-refractivity contribution in [2.45, 2.75) is 0 Å². The van der Waals surface area contributed by atoms with Crippen molar-refractivity contribution in [3.05, 3.63) is 236 Å². The zero-order valence-corrected chi connectivity index (χ0v) is 38.8. The molecule has 0 unspecified atom stereocenters. The second-order valence-electron chi connectivity index (χ2n) is 17.8. The van der Waals surface area contributed by atoms with E-state index in [2.05, 4.69) is 185 Å². The third kappa shape index (κ3) is 6.58. The second-order valence-corrected chi connectivity index (χ2v) is 18.9.